The van der Waals surface area contributed by atoms with E-state index >= 15 is 0 Å². The summed E-state index contributed by atoms with van der Waals surface area (Å²) < 4.78 is 0. The van der Waals surface area contributed by atoms with Crippen LogP contribution in [-0.2, 0) is 9.59 Å². The van der Waals surface area contributed by atoms with E-state index in [1.165, 1.54) is 0 Å². The van der Waals surface area contributed by atoms with Crippen LogP contribution in [0.25, 0.3) is 0 Å². The Balaban J connectivity index is 0.00000312. The highest BCUT2D eigenvalue weighted by Crippen LogP contribution is 2.23. The van der Waals surface area contributed by atoms with Crippen LogP contribution in [0.5, 0.6) is 0 Å². The minimum atomic E-state index is -0.294. The lowest BCUT2D eigenvalue weighted by Crippen LogP contribution is -2.49. The summed E-state index contributed by atoms with van der Waals surface area (Å²) in [6.45, 7) is 7.02. The number of carbonyl (C=O) groups is 2. The molecule has 3 N–H and O–H groups in total. The van der Waals surface area contributed by atoms with Gasteiger partial charge in [-0.3, -0.25) is 9.59 Å². The van der Waals surface area contributed by atoms with Gasteiger partial charge in [0.15, 0.2) is 0 Å². The lowest BCUT2D eigenvalue weighted by atomic mass is 9.93. The first-order valence-corrected chi connectivity index (χ1v) is 8.79. The van der Waals surface area contributed by atoms with Crippen molar-refractivity contribution >= 4 is 24.2 Å². The molecule has 5 nitrogen and oxygen atoms in total. The van der Waals surface area contributed by atoms with Gasteiger partial charge in [0.1, 0.15) is 0 Å². The Labute approximate surface area is 156 Å². The third-order valence-electron chi connectivity index (χ3n) is 4.79. The molecule has 2 amide bonds. The van der Waals surface area contributed by atoms with Gasteiger partial charge in [0.2, 0.25) is 11.8 Å². The van der Waals surface area contributed by atoms with Gasteiger partial charge in [-0.05, 0) is 18.4 Å². The number of hydrogen-bond acceptors (Lipinski definition) is 3. The molecule has 2 atom stereocenters. The number of nitrogens with zero attached hydrogens (tertiary/aromatic N) is 1. The van der Waals surface area contributed by atoms with Gasteiger partial charge in [-0.15, -0.1) is 12.4 Å². The number of nitrogens with one attached hydrogen (secondary N) is 1. The van der Waals surface area contributed by atoms with Gasteiger partial charge in [0.05, 0.1) is 5.92 Å². The summed E-state index contributed by atoms with van der Waals surface area (Å²) in [6, 6.07) is 9.62. The lowest BCUT2D eigenvalue weighted by Gasteiger charge is -2.35. The molecule has 1 saturated heterocycles. The fraction of sp³-hybridized carbons (Fsp3) is 0.579. The first kappa shape index (κ1) is 21.5. The van der Waals surface area contributed by atoms with Crippen LogP contribution in [0.4, 0.5) is 0 Å². The van der Waals surface area contributed by atoms with Crippen molar-refractivity contribution in [3.05, 3.63) is 35.9 Å². The maximum atomic E-state index is 12.7. The van der Waals surface area contributed by atoms with Gasteiger partial charge in [0.25, 0.3) is 0 Å². The van der Waals surface area contributed by atoms with Gasteiger partial charge >= 0.3 is 0 Å². The minimum Gasteiger partial charge on any atom is -0.353 e. The molecule has 1 aromatic rings. The van der Waals surface area contributed by atoms with Crippen molar-refractivity contribution in [3.8, 4) is 0 Å². The number of hydrogen-bond donors (Lipinski definition) is 2. The number of amides is 2. The lowest BCUT2D eigenvalue weighted by molar-refractivity contribution is -0.137. The molecule has 25 heavy (non-hydrogen) atoms. The fourth-order valence-electron chi connectivity index (χ4n) is 3.02. The molecule has 0 aliphatic carbocycles. The summed E-state index contributed by atoms with van der Waals surface area (Å²) in [5.74, 6) is -0.0815. The monoisotopic (exact) mass is 367 g/mol. The summed E-state index contributed by atoms with van der Waals surface area (Å²) >= 11 is 0. The van der Waals surface area contributed by atoms with Crippen molar-refractivity contribution < 1.29 is 9.59 Å². The molecule has 0 bridgehead atoms. The highest BCUT2D eigenvalue weighted by Gasteiger charge is 2.30. The molecule has 1 aliphatic heterocycles. The zero-order valence-corrected chi connectivity index (χ0v) is 16.1. The quantitative estimate of drug-likeness (QED) is 0.839. The van der Waals surface area contributed by atoms with E-state index in [0.717, 1.165) is 18.4 Å². The molecule has 0 spiro atoms. The van der Waals surface area contributed by atoms with E-state index in [4.69, 9.17) is 5.73 Å². The molecular formula is C19H30ClN3O2. The van der Waals surface area contributed by atoms with Crippen LogP contribution in [-0.4, -0.2) is 35.8 Å². The number of carbonyl (C=O) groups excluding carboxylic acids is 2. The number of halogens is 1. The Kier molecular flexibility index (Phi) is 8.39. The average Bonchev–Trinajstić information content (AvgIpc) is 2.61. The molecule has 1 heterocycles. The second-order valence-corrected chi connectivity index (χ2v) is 6.99. The average molecular weight is 368 g/mol. The third-order valence-corrected chi connectivity index (χ3v) is 4.79. The van der Waals surface area contributed by atoms with E-state index < -0.39 is 0 Å². The summed E-state index contributed by atoms with van der Waals surface area (Å²) in [5, 5.41) is 3.05. The van der Waals surface area contributed by atoms with E-state index in [1.54, 1.807) is 0 Å². The second kappa shape index (κ2) is 9.78. The van der Waals surface area contributed by atoms with Gasteiger partial charge in [-0.25, -0.2) is 0 Å². The van der Waals surface area contributed by atoms with Crippen LogP contribution in [0.1, 0.15) is 45.2 Å². The first-order valence-electron chi connectivity index (χ1n) is 8.79. The molecule has 0 aromatic heterocycles. The van der Waals surface area contributed by atoms with Gasteiger partial charge in [0, 0.05) is 31.1 Å². The predicted molar refractivity (Wildman–Crippen MR) is 102 cm³/mol. The van der Waals surface area contributed by atoms with Gasteiger partial charge in [-0.1, -0.05) is 51.1 Å². The van der Waals surface area contributed by atoms with Crippen LogP contribution in [0.15, 0.2) is 30.3 Å². The van der Waals surface area contributed by atoms with Crippen LogP contribution in [0.2, 0.25) is 0 Å². The molecule has 1 aromatic carbocycles. The third kappa shape index (κ3) is 5.72. The number of benzene rings is 1. The van der Waals surface area contributed by atoms with Gasteiger partial charge in [-0.2, -0.15) is 0 Å². The molecule has 1 aliphatic rings. The molecule has 2 rings (SSSR count). The zero-order chi connectivity index (χ0) is 17.7. The number of likely N-dealkylation sites (tertiary alicyclic amines) is 1. The van der Waals surface area contributed by atoms with Crippen LogP contribution in [0.3, 0.4) is 0 Å². The van der Waals surface area contributed by atoms with Crippen molar-refractivity contribution in [3.63, 3.8) is 0 Å². The Morgan fingerprint density at radius 2 is 1.68 bits per heavy atom. The molecule has 2 unspecified atom stereocenters. The Morgan fingerprint density at radius 3 is 2.20 bits per heavy atom. The smallest absolute Gasteiger partial charge is 0.227 e. The van der Waals surface area contributed by atoms with E-state index in [2.05, 4.69) is 5.32 Å². The van der Waals surface area contributed by atoms with Crippen molar-refractivity contribution in [2.75, 3.05) is 13.1 Å². The number of piperidine rings is 1. The molecule has 140 valence electrons. The van der Waals surface area contributed by atoms with Crippen molar-refractivity contribution in [1.29, 1.82) is 0 Å². The normalized spacial score (nSPS) is 17.6. The Morgan fingerprint density at radius 1 is 1.12 bits per heavy atom. The summed E-state index contributed by atoms with van der Waals surface area (Å²) in [4.78, 5) is 26.4. The maximum absolute atomic E-state index is 12.7. The molecule has 0 saturated carbocycles. The maximum Gasteiger partial charge on any atom is 0.227 e. The minimum absolute atomic E-state index is 0. The highest BCUT2D eigenvalue weighted by molar-refractivity contribution is 5.85. The molecule has 1 fully saturated rings. The van der Waals surface area contributed by atoms with Crippen molar-refractivity contribution in [1.82, 2.24) is 10.2 Å². The van der Waals surface area contributed by atoms with Crippen molar-refractivity contribution in [2.45, 2.75) is 45.7 Å². The zero-order valence-electron chi connectivity index (χ0n) is 15.3. The fourth-order valence-corrected chi connectivity index (χ4v) is 3.02. The Bertz CT molecular complexity index is 557. The number of rotatable bonds is 5. The SMILES string of the molecule is CC(C)C(=O)NC1CCN(C(=O)C(C)C(N)c2ccccc2)CC1.Cl. The second-order valence-electron chi connectivity index (χ2n) is 6.99. The topological polar surface area (TPSA) is 75.4 Å². The summed E-state index contributed by atoms with van der Waals surface area (Å²) in [5.41, 5.74) is 7.25. The van der Waals surface area contributed by atoms with E-state index in [-0.39, 0.29) is 48.1 Å². The standard InChI is InChI=1S/C19H29N3O2.ClH/c1-13(2)18(23)21-16-9-11-22(12-10-16)19(24)14(3)17(20)15-7-5-4-6-8-15;/h4-8,13-14,16-17H,9-12,20H2,1-3H3,(H,21,23);1H. The van der Waals surface area contributed by atoms with Crippen LogP contribution >= 0.6 is 12.4 Å². The van der Waals surface area contributed by atoms with Crippen LogP contribution in [0, 0.1) is 11.8 Å². The summed E-state index contributed by atoms with van der Waals surface area (Å²) in [6.07, 6.45) is 1.61. The largest absolute Gasteiger partial charge is 0.353 e. The van der Waals surface area contributed by atoms with Crippen molar-refractivity contribution in [2.24, 2.45) is 17.6 Å². The van der Waals surface area contributed by atoms with Crippen LogP contribution < -0.4 is 11.1 Å². The highest BCUT2D eigenvalue weighted by atomic mass is 35.5. The van der Waals surface area contributed by atoms with E-state index in [1.807, 2.05) is 56.0 Å². The Hall–Kier alpha value is -1.59. The molecule has 0 radical (unpaired) electrons. The number of nitrogens with two attached hydrogens (primary N) is 1. The predicted octanol–water partition coefficient (Wildman–Crippen LogP) is 2.51. The first-order chi connectivity index (χ1) is 11.4. The van der Waals surface area contributed by atoms with E-state index in [9.17, 15) is 9.59 Å². The molecular weight excluding hydrogens is 338 g/mol. The molecule has 6 heteroatoms. The van der Waals surface area contributed by atoms with E-state index in [0.29, 0.717) is 13.1 Å². The van der Waals surface area contributed by atoms with Gasteiger partial charge < -0.3 is 16.0 Å². The summed E-state index contributed by atoms with van der Waals surface area (Å²) in [7, 11) is 0.